The van der Waals surface area contributed by atoms with Crippen molar-refractivity contribution in [2.24, 2.45) is 0 Å². The van der Waals surface area contributed by atoms with Crippen LogP contribution in [0, 0.1) is 0 Å². The summed E-state index contributed by atoms with van der Waals surface area (Å²) in [5.41, 5.74) is 6.30. The zero-order chi connectivity index (χ0) is 10.6. The van der Waals surface area contributed by atoms with E-state index in [-0.39, 0.29) is 0 Å². The second-order valence-corrected chi connectivity index (χ2v) is 5.02. The first-order valence-corrected chi connectivity index (χ1v) is 6.14. The van der Waals surface area contributed by atoms with Gasteiger partial charge in [0.15, 0.2) is 0 Å². The van der Waals surface area contributed by atoms with Crippen LogP contribution in [0.15, 0.2) is 23.1 Å². The molecule has 1 rings (SSSR count). The van der Waals surface area contributed by atoms with Gasteiger partial charge in [-0.15, -0.1) is 11.8 Å². The number of halogens is 1. The molecule has 0 saturated heterocycles. The minimum Gasteiger partial charge on any atom is -0.398 e. The summed E-state index contributed by atoms with van der Waals surface area (Å²) in [6.45, 7) is 4.42. The number of thioether (sulfide) groups is 1. The van der Waals surface area contributed by atoms with Crippen molar-refractivity contribution in [2.75, 3.05) is 5.73 Å². The average molecular weight is 230 g/mol. The van der Waals surface area contributed by atoms with Crippen molar-refractivity contribution in [3.63, 3.8) is 0 Å². The number of rotatable bonds is 4. The lowest BCUT2D eigenvalue weighted by Gasteiger charge is -2.12. The molecule has 0 aliphatic rings. The molecule has 1 aromatic carbocycles. The van der Waals surface area contributed by atoms with E-state index < -0.39 is 0 Å². The van der Waals surface area contributed by atoms with E-state index >= 15 is 0 Å². The van der Waals surface area contributed by atoms with Crippen LogP contribution in [0.1, 0.15) is 26.7 Å². The Balaban J connectivity index is 2.72. The van der Waals surface area contributed by atoms with Crippen molar-refractivity contribution in [3.05, 3.63) is 23.2 Å². The van der Waals surface area contributed by atoms with Gasteiger partial charge in [0.1, 0.15) is 0 Å². The number of nitrogen functional groups attached to an aromatic ring is 1. The predicted molar refractivity (Wildman–Crippen MR) is 66.1 cm³/mol. The maximum atomic E-state index is 5.95. The molecule has 0 spiro atoms. The van der Waals surface area contributed by atoms with Crippen molar-refractivity contribution >= 4 is 29.1 Å². The average Bonchev–Trinajstić information content (AvgIpc) is 2.19. The smallest absolute Gasteiger partial charge is 0.0646 e. The van der Waals surface area contributed by atoms with Gasteiger partial charge in [0.2, 0.25) is 0 Å². The second kappa shape index (κ2) is 5.52. The molecule has 0 aliphatic heterocycles. The first-order chi connectivity index (χ1) is 6.67. The molecule has 1 nitrogen and oxygen atoms in total. The van der Waals surface area contributed by atoms with E-state index in [4.69, 9.17) is 17.3 Å². The van der Waals surface area contributed by atoms with E-state index in [1.165, 1.54) is 17.7 Å². The Labute approximate surface area is 95.0 Å². The van der Waals surface area contributed by atoms with Crippen molar-refractivity contribution in [1.82, 2.24) is 0 Å². The summed E-state index contributed by atoms with van der Waals surface area (Å²) in [7, 11) is 0. The van der Waals surface area contributed by atoms with Crippen LogP contribution in [-0.2, 0) is 0 Å². The summed E-state index contributed by atoms with van der Waals surface area (Å²) in [4.78, 5) is 1.21. The van der Waals surface area contributed by atoms with Crippen molar-refractivity contribution in [3.8, 4) is 0 Å². The molecule has 14 heavy (non-hydrogen) atoms. The number of nitrogens with two attached hydrogens (primary N) is 1. The number of benzene rings is 1. The largest absolute Gasteiger partial charge is 0.398 e. The first kappa shape index (κ1) is 11.7. The molecule has 0 saturated carbocycles. The molecular formula is C11H16ClNS. The van der Waals surface area contributed by atoms with E-state index in [1.807, 2.05) is 30.0 Å². The van der Waals surface area contributed by atoms with Crippen LogP contribution in [0.4, 0.5) is 5.69 Å². The highest BCUT2D eigenvalue weighted by molar-refractivity contribution is 8.00. The van der Waals surface area contributed by atoms with Crippen LogP contribution in [-0.4, -0.2) is 5.25 Å². The Morgan fingerprint density at radius 3 is 2.50 bits per heavy atom. The lowest BCUT2D eigenvalue weighted by molar-refractivity contribution is 0.792. The van der Waals surface area contributed by atoms with Crippen LogP contribution in [0.5, 0.6) is 0 Å². The zero-order valence-electron chi connectivity index (χ0n) is 8.59. The molecule has 0 unspecified atom stereocenters. The fourth-order valence-electron chi connectivity index (χ4n) is 1.23. The molecule has 0 aromatic heterocycles. The summed E-state index contributed by atoms with van der Waals surface area (Å²) >= 11 is 7.82. The van der Waals surface area contributed by atoms with Gasteiger partial charge in [0.25, 0.3) is 0 Å². The minimum atomic E-state index is 0.653. The van der Waals surface area contributed by atoms with Gasteiger partial charge in [-0.3, -0.25) is 0 Å². The van der Waals surface area contributed by atoms with E-state index in [9.17, 15) is 0 Å². The van der Waals surface area contributed by atoms with Gasteiger partial charge in [-0.2, -0.15) is 0 Å². The molecule has 0 aliphatic carbocycles. The van der Waals surface area contributed by atoms with Gasteiger partial charge in [-0.05, 0) is 31.0 Å². The quantitative estimate of drug-likeness (QED) is 0.619. The first-order valence-electron chi connectivity index (χ1n) is 4.89. The van der Waals surface area contributed by atoms with Crippen LogP contribution in [0.25, 0.3) is 0 Å². The highest BCUT2D eigenvalue weighted by Crippen LogP contribution is 2.31. The lowest BCUT2D eigenvalue weighted by atomic mass is 10.3. The molecular weight excluding hydrogens is 214 g/mol. The number of hydrogen-bond donors (Lipinski definition) is 1. The van der Waals surface area contributed by atoms with Gasteiger partial charge in [0, 0.05) is 10.1 Å². The Morgan fingerprint density at radius 1 is 1.36 bits per heavy atom. The highest BCUT2D eigenvalue weighted by atomic mass is 35.5. The van der Waals surface area contributed by atoms with Crippen molar-refractivity contribution in [1.29, 1.82) is 0 Å². The zero-order valence-corrected chi connectivity index (χ0v) is 10.2. The number of anilines is 1. The Morgan fingerprint density at radius 2 is 2.00 bits per heavy atom. The molecule has 2 N–H and O–H groups in total. The summed E-state index contributed by atoms with van der Waals surface area (Å²) in [5.74, 6) is 0. The molecule has 1 aromatic rings. The summed E-state index contributed by atoms with van der Waals surface area (Å²) in [5, 5.41) is 1.33. The topological polar surface area (TPSA) is 26.0 Å². The fraction of sp³-hybridized carbons (Fsp3) is 0.455. The third kappa shape index (κ3) is 3.10. The maximum absolute atomic E-state index is 5.95. The molecule has 0 amide bonds. The van der Waals surface area contributed by atoms with Crippen molar-refractivity contribution < 1.29 is 0 Å². The normalized spacial score (nSPS) is 10.9. The van der Waals surface area contributed by atoms with Crippen LogP contribution >= 0.6 is 23.4 Å². The Bertz CT molecular complexity index is 297. The van der Waals surface area contributed by atoms with Gasteiger partial charge in [-0.1, -0.05) is 25.4 Å². The molecule has 0 bridgehead atoms. The molecule has 0 radical (unpaired) electrons. The highest BCUT2D eigenvalue weighted by Gasteiger charge is 2.06. The minimum absolute atomic E-state index is 0.653. The van der Waals surface area contributed by atoms with Gasteiger partial charge in [-0.25, -0.2) is 0 Å². The Kier molecular flexibility index (Phi) is 4.63. The van der Waals surface area contributed by atoms with Crippen molar-refractivity contribution in [2.45, 2.75) is 36.8 Å². The summed E-state index contributed by atoms with van der Waals surface area (Å²) in [6, 6.07) is 5.84. The molecule has 78 valence electrons. The summed E-state index contributed by atoms with van der Waals surface area (Å²) < 4.78 is 0. The van der Waals surface area contributed by atoms with E-state index in [0.29, 0.717) is 16.0 Å². The fourth-order valence-corrected chi connectivity index (χ4v) is 2.52. The van der Waals surface area contributed by atoms with Gasteiger partial charge < -0.3 is 5.73 Å². The van der Waals surface area contributed by atoms with Gasteiger partial charge in [0.05, 0.1) is 10.7 Å². The standard InChI is InChI=1S/C11H16ClNS/c1-3-8(4-2)14-9-5-6-11(13)10(12)7-9/h5-8H,3-4,13H2,1-2H3. The van der Waals surface area contributed by atoms with E-state index in [2.05, 4.69) is 13.8 Å². The lowest BCUT2D eigenvalue weighted by Crippen LogP contribution is -1.97. The third-order valence-electron chi connectivity index (χ3n) is 2.19. The second-order valence-electron chi connectivity index (χ2n) is 3.24. The molecule has 0 heterocycles. The SMILES string of the molecule is CCC(CC)Sc1ccc(N)c(Cl)c1. The van der Waals surface area contributed by atoms with Crippen LogP contribution < -0.4 is 5.73 Å². The maximum Gasteiger partial charge on any atom is 0.0646 e. The van der Waals surface area contributed by atoms with E-state index in [1.54, 1.807) is 0 Å². The predicted octanol–water partition coefficient (Wildman–Crippen LogP) is 4.20. The van der Waals surface area contributed by atoms with Gasteiger partial charge >= 0.3 is 0 Å². The molecule has 0 atom stereocenters. The summed E-state index contributed by atoms with van der Waals surface area (Å²) in [6.07, 6.45) is 2.37. The van der Waals surface area contributed by atoms with E-state index in [0.717, 1.165) is 0 Å². The molecule has 0 fully saturated rings. The monoisotopic (exact) mass is 229 g/mol. The molecule has 3 heteroatoms. The van der Waals surface area contributed by atoms with Crippen LogP contribution in [0.2, 0.25) is 5.02 Å². The third-order valence-corrected chi connectivity index (χ3v) is 4.04. The van der Waals surface area contributed by atoms with Crippen LogP contribution in [0.3, 0.4) is 0 Å². The number of hydrogen-bond acceptors (Lipinski definition) is 2. The Hall–Kier alpha value is -0.340.